The van der Waals surface area contributed by atoms with Crippen LogP contribution in [0.3, 0.4) is 0 Å². The Hall–Kier alpha value is -1.12. The molecule has 0 unspecified atom stereocenters. The molecule has 0 spiro atoms. The number of hydrogen-bond acceptors (Lipinski definition) is 2. The van der Waals surface area contributed by atoms with Gasteiger partial charge in [0.1, 0.15) is 0 Å². The molecule has 0 aliphatic rings. The predicted octanol–water partition coefficient (Wildman–Crippen LogP) is 3.50. The molecule has 0 bridgehead atoms. The Bertz CT molecular complexity index is 374. The number of allylic oxidation sites excluding steroid dienone is 1. The second-order valence-corrected chi connectivity index (χ2v) is 5.62. The third-order valence-corrected chi connectivity index (χ3v) is 4.17. The van der Waals surface area contributed by atoms with Crippen LogP contribution in [0.1, 0.15) is 31.7 Å². The third-order valence-electron chi connectivity index (χ3n) is 2.31. The van der Waals surface area contributed by atoms with Gasteiger partial charge < -0.3 is 0 Å². The molecule has 1 aromatic carbocycles. The first-order chi connectivity index (χ1) is 8.24. The Morgan fingerprint density at radius 1 is 1.35 bits per heavy atom. The standard InChI is InChI=1S/C13H17NO2Se/c1-2-3-4-5-10-17-11-12-6-8-13(9-7-12)14(15)16/h5-10H,2-4,11H2,1H3/b10-5+. The summed E-state index contributed by atoms with van der Waals surface area (Å²) in [5.41, 5.74) is 1.34. The van der Waals surface area contributed by atoms with Gasteiger partial charge in [0.2, 0.25) is 0 Å². The number of nitrogens with zero attached hydrogens (tertiary/aromatic N) is 1. The number of rotatable bonds is 7. The van der Waals surface area contributed by atoms with Crippen molar-refractivity contribution in [3.8, 4) is 0 Å². The van der Waals surface area contributed by atoms with Gasteiger partial charge in [-0.05, 0) is 0 Å². The summed E-state index contributed by atoms with van der Waals surface area (Å²) in [7, 11) is 0. The van der Waals surface area contributed by atoms with Gasteiger partial charge in [-0.3, -0.25) is 0 Å². The Morgan fingerprint density at radius 2 is 2.06 bits per heavy atom. The van der Waals surface area contributed by atoms with Crippen molar-refractivity contribution in [1.29, 1.82) is 0 Å². The fourth-order valence-corrected chi connectivity index (χ4v) is 2.90. The molecule has 92 valence electrons. The van der Waals surface area contributed by atoms with Crippen molar-refractivity contribution in [3.05, 3.63) is 51.0 Å². The number of benzene rings is 1. The topological polar surface area (TPSA) is 43.1 Å². The zero-order chi connectivity index (χ0) is 12.5. The Balaban J connectivity index is 2.32. The van der Waals surface area contributed by atoms with Crippen molar-refractivity contribution in [2.24, 2.45) is 0 Å². The molecule has 3 nitrogen and oxygen atoms in total. The van der Waals surface area contributed by atoms with E-state index < -0.39 is 0 Å². The number of nitro benzene ring substituents is 1. The van der Waals surface area contributed by atoms with Gasteiger partial charge in [0.15, 0.2) is 0 Å². The fourth-order valence-electron chi connectivity index (χ4n) is 1.32. The molecule has 4 heteroatoms. The van der Waals surface area contributed by atoms with Crippen LogP contribution in [-0.4, -0.2) is 19.9 Å². The van der Waals surface area contributed by atoms with Crippen LogP contribution in [0.25, 0.3) is 0 Å². The van der Waals surface area contributed by atoms with Crippen LogP contribution in [-0.2, 0) is 5.32 Å². The Morgan fingerprint density at radius 3 is 2.65 bits per heavy atom. The predicted molar refractivity (Wildman–Crippen MR) is 71.2 cm³/mol. The summed E-state index contributed by atoms with van der Waals surface area (Å²) in [6.45, 7) is 2.19. The summed E-state index contributed by atoms with van der Waals surface area (Å²) < 4.78 is 0. The first-order valence-electron chi connectivity index (χ1n) is 5.74. The zero-order valence-corrected chi connectivity index (χ0v) is 11.7. The second-order valence-electron chi connectivity index (χ2n) is 3.75. The Labute approximate surface area is 108 Å². The number of nitro groups is 1. The molecule has 0 radical (unpaired) electrons. The molecule has 0 aliphatic heterocycles. The summed E-state index contributed by atoms with van der Waals surface area (Å²) in [4.78, 5) is 12.4. The average molecular weight is 298 g/mol. The number of non-ortho nitro benzene ring substituents is 1. The first kappa shape index (κ1) is 13.9. The van der Waals surface area contributed by atoms with E-state index in [-0.39, 0.29) is 10.6 Å². The van der Waals surface area contributed by atoms with Crippen molar-refractivity contribution in [3.63, 3.8) is 0 Å². The van der Waals surface area contributed by atoms with Crippen LogP contribution in [0.15, 0.2) is 35.3 Å². The number of hydrogen-bond donors (Lipinski definition) is 0. The first-order valence-corrected chi connectivity index (χ1v) is 7.94. The molecular formula is C13H17NO2Se. The van der Waals surface area contributed by atoms with E-state index in [0.717, 1.165) is 5.32 Å². The summed E-state index contributed by atoms with van der Waals surface area (Å²) >= 11 is 0.462. The van der Waals surface area contributed by atoms with Crippen LogP contribution in [0.5, 0.6) is 0 Å². The van der Waals surface area contributed by atoms with Crippen molar-refractivity contribution < 1.29 is 4.92 Å². The quantitative estimate of drug-likeness (QED) is 0.335. The van der Waals surface area contributed by atoms with E-state index in [1.807, 2.05) is 12.1 Å². The molecule has 17 heavy (non-hydrogen) atoms. The molecule has 0 saturated heterocycles. The number of unbranched alkanes of at least 4 members (excludes halogenated alkanes) is 2. The van der Waals surface area contributed by atoms with Gasteiger partial charge in [-0.1, -0.05) is 0 Å². The molecule has 1 rings (SSSR count). The molecule has 0 fully saturated rings. The van der Waals surface area contributed by atoms with Crippen molar-refractivity contribution >= 4 is 20.6 Å². The summed E-state index contributed by atoms with van der Waals surface area (Å²) in [5, 5.41) is 11.5. The molecule has 0 aromatic heterocycles. The fraction of sp³-hybridized carbons (Fsp3) is 0.385. The zero-order valence-electron chi connectivity index (χ0n) is 9.96. The van der Waals surface area contributed by atoms with Gasteiger partial charge in [0, 0.05) is 0 Å². The van der Waals surface area contributed by atoms with Crippen molar-refractivity contribution in [2.75, 3.05) is 0 Å². The van der Waals surface area contributed by atoms with Gasteiger partial charge in [-0.2, -0.15) is 0 Å². The maximum atomic E-state index is 10.5. The Kier molecular flexibility index (Phi) is 6.60. The minimum atomic E-state index is -0.362. The maximum absolute atomic E-state index is 10.5. The molecule has 1 aromatic rings. The third kappa shape index (κ3) is 5.66. The van der Waals surface area contributed by atoms with E-state index >= 15 is 0 Å². The van der Waals surface area contributed by atoms with Crippen molar-refractivity contribution in [2.45, 2.75) is 31.5 Å². The van der Waals surface area contributed by atoms with Crippen LogP contribution >= 0.6 is 0 Å². The van der Waals surface area contributed by atoms with Gasteiger partial charge in [0.05, 0.1) is 0 Å². The summed E-state index contributed by atoms with van der Waals surface area (Å²) in [6.07, 6.45) is 5.90. The van der Waals surface area contributed by atoms with Crippen LogP contribution in [0.4, 0.5) is 5.69 Å². The van der Waals surface area contributed by atoms with Crippen LogP contribution < -0.4 is 0 Å². The van der Waals surface area contributed by atoms with Gasteiger partial charge >= 0.3 is 108 Å². The van der Waals surface area contributed by atoms with E-state index in [0.29, 0.717) is 15.0 Å². The van der Waals surface area contributed by atoms with E-state index in [1.54, 1.807) is 12.1 Å². The molecule has 0 aliphatic carbocycles. The monoisotopic (exact) mass is 299 g/mol. The van der Waals surface area contributed by atoms with Crippen molar-refractivity contribution in [1.82, 2.24) is 0 Å². The van der Waals surface area contributed by atoms with Gasteiger partial charge in [-0.15, -0.1) is 0 Å². The van der Waals surface area contributed by atoms with Crippen LogP contribution in [0, 0.1) is 10.1 Å². The summed E-state index contributed by atoms with van der Waals surface area (Å²) in [6, 6.07) is 6.85. The van der Waals surface area contributed by atoms with Gasteiger partial charge in [-0.25, -0.2) is 0 Å². The normalized spacial score (nSPS) is 10.9. The SMILES string of the molecule is CCCC/C=C/[Se]Cc1ccc([N+](=O)[O-])cc1. The molecule has 0 N–H and O–H groups in total. The average Bonchev–Trinajstić information content (AvgIpc) is 2.34. The minimum absolute atomic E-state index is 0.166. The second kappa shape index (κ2) is 8.04. The van der Waals surface area contributed by atoms with E-state index in [9.17, 15) is 10.1 Å². The van der Waals surface area contributed by atoms with Gasteiger partial charge in [0.25, 0.3) is 0 Å². The van der Waals surface area contributed by atoms with Crippen LogP contribution in [0.2, 0.25) is 0 Å². The molecule has 0 amide bonds. The van der Waals surface area contributed by atoms with E-state index in [4.69, 9.17) is 0 Å². The summed E-state index contributed by atoms with van der Waals surface area (Å²) in [5.74, 6) is 0. The molecule has 0 atom stereocenters. The molecule has 0 saturated carbocycles. The van der Waals surface area contributed by atoms with E-state index in [1.165, 1.54) is 24.8 Å². The van der Waals surface area contributed by atoms with E-state index in [2.05, 4.69) is 18.0 Å². The molecular weight excluding hydrogens is 281 g/mol. The molecule has 0 heterocycles.